The van der Waals surface area contributed by atoms with E-state index in [1.165, 1.54) is 33.7 Å². The Balaban J connectivity index is 1.40. The summed E-state index contributed by atoms with van der Waals surface area (Å²) in [5, 5.41) is 2.88. The summed E-state index contributed by atoms with van der Waals surface area (Å²) >= 11 is 8.25. The number of amides is 3. The number of aryl methyl sites for hydroxylation is 1. The van der Waals surface area contributed by atoms with E-state index in [-0.39, 0.29) is 23.2 Å². The number of imide groups is 1. The zero-order valence-corrected chi connectivity index (χ0v) is 23.4. The molecule has 3 heterocycles. The Morgan fingerprint density at radius 3 is 2.30 bits per heavy atom. The molecule has 0 spiro atoms. The monoisotopic (exact) mass is 593 g/mol. The van der Waals surface area contributed by atoms with Gasteiger partial charge in [-0.2, -0.15) is 0 Å². The van der Waals surface area contributed by atoms with Crippen molar-refractivity contribution in [3.63, 3.8) is 0 Å². The molecule has 0 radical (unpaired) electrons. The van der Waals surface area contributed by atoms with Crippen molar-refractivity contribution >= 4 is 63.8 Å². The molecule has 4 aromatic rings. The van der Waals surface area contributed by atoms with Crippen molar-refractivity contribution in [2.45, 2.75) is 29.7 Å². The van der Waals surface area contributed by atoms with Gasteiger partial charge in [-0.05, 0) is 61.0 Å². The van der Waals surface area contributed by atoms with Crippen molar-refractivity contribution in [3.8, 4) is 0 Å². The highest BCUT2D eigenvalue weighted by atomic mass is 35.5. The Morgan fingerprint density at radius 2 is 1.62 bits per heavy atom. The van der Waals surface area contributed by atoms with E-state index in [4.69, 9.17) is 11.6 Å². The van der Waals surface area contributed by atoms with Crippen LogP contribution in [-0.2, 0) is 20.9 Å². The third kappa shape index (κ3) is 4.66. The standard InChI is InChI=1S/C29H21ClFN3O4S2/c1-15-2-12-20(13-3-15)34-26(36)23-22(16-4-6-17(30)7-5-16)25-28(39-24(23)27(34)37)33(29(38)40-25)14-21(35)32-19-10-8-18(31)9-11-19/h2-13,22-24H,14H2,1H3,(H,32,35)/t22-,23?,24?/m1/s1. The number of anilines is 2. The average molecular weight is 594 g/mol. The van der Waals surface area contributed by atoms with Crippen molar-refractivity contribution in [2.75, 3.05) is 10.2 Å². The van der Waals surface area contributed by atoms with E-state index in [1.54, 1.807) is 36.4 Å². The number of halogens is 2. The average Bonchev–Trinajstić information content (AvgIpc) is 3.37. The largest absolute Gasteiger partial charge is 0.325 e. The Hall–Kier alpha value is -3.73. The first kappa shape index (κ1) is 26.5. The molecule has 1 aromatic heterocycles. The molecule has 11 heteroatoms. The van der Waals surface area contributed by atoms with Crippen LogP contribution in [0.15, 0.2) is 82.6 Å². The van der Waals surface area contributed by atoms with Crippen molar-refractivity contribution in [1.29, 1.82) is 0 Å². The number of rotatable bonds is 5. The Kier molecular flexibility index (Phi) is 6.85. The number of thiazole rings is 1. The fourth-order valence-electron chi connectivity index (χ4n) is 5.11. The number of nitrogens with one attached hydrogen (secondary N) is 1. The van der Waals surface area contributed by atoms with E-state index in [1.807, 2.05) is 19.1 Å². The van der Waals surface area contributed by atoms with Crippen LogP contribution in [-0.4, -0.2) is 27.5 Å². The van der Waals surface area contributed by atoms with E-state index in [0.29, 0.717) is 26.3 Å². The number of carbonyl (C=O) groups excluding carboxylic acids is 3. The van der Waals surface area contributed by atoms with Gasteiger partial charge in [0.1, 0.15) is 17.6 Å². The number of benzene rings is 3. The zero-order valence-electron chi connectivity index (χ0n) is 21.0. The van der Waals surface area contributed by atoms with Gasteiger partial charge in [0.15, 0.2) is 0 Å². The topological polar surface area (TPSA) is 88.5 Å². The lowest BCUT2D eigenvalue weighted by Gasteiger charge is -2.30. The highest BCUT2D eigenvalue weighted by Crippen LogP contribution is 2.53. The van der Waals surface area contributed by atoms with Gasteiger partial charge in [0.05, 0.1) is 16.6 Å². The van der Waals surface area contributed by atoms with Gasteiger partial charge in [-0.1, -0.05) is 64.5 Å². The van der Waals surface area contributed by atoms with Gasteiger partial charge in [0.25, 0.3) is 0 Å². The molecule has 3 amide bonds. The van der Waals surface area contributed by atoms with E-state index >= 15 is 0 Å². The number of hydrogen-bond donors (Lipinski definition) is 1. The molecule has 3 aromatic carbocycles. The summed E-state index contributed by atoms with van der Waals surface area (Å²) in [6, 6.07) is 19.5. The molecular formula is C29H21ClFN3O4S2. The van der Waals surface area contributed by atoms with Crippen molar-refractivity contribution < 1.29 is 18.8 Å². The molecular weight excluding hydrogens is 573 g/mol. The quantitative estimate of drug-likeness (QED) is 0.311. The van der Waals surface area contributed by atoms with E-state index in [2.05, 4.69) is 5.32 Å². The third-order valence-electron chi connectivity index (χ3n) is 7.00. The maximum atomic E-state index is 13.9. The van der Waals surface area contributed by atoms with Crippen molar-refractivity contribution in [2.24, 2.45) is 5.92 Å². The Labute approximate surface area is 241 Å². The summed E-state index contributed by atoms with van der Waals surface area (Å²) in [6.45, 7) is 1.62. The molecule has 3 atom stereocenters. The molecule has 2 aliphatic rings. The predicted molar refractivity (Wildman–Crippen MR) is 154 cm³/mol. The van der Waals surface area contributed by atoms with Gasteiger partial charge in [-0.25, -0.2) is 9.29 Å². The Bertz CT molecular complexity index is 1700. The molecule has 6 rings (SSSR count). The first-order chi connectivity index (χ1) is 19.2. The van der Waals surface area contributed by atoms with Crippen LogP contribution in [0.4, 0.5) is 15.8 Å². The zero-order chi connectivity index (χ0) is 28.1. The summed E-state index contributed by atoms with van der Waals surface area (Å²) in [6.07, 6.45) is 0. The van der Waals surface area contributed by atoms with Crippen LogP contribution in [0, 0.1) is 18.7 Å². The summed E-state index contributed by atoms with van der Waals surface area (Å²) in [4.78, 5) is 55.2. The number of nitrogens with zero attached hydrogens (tertiary/aromatic N) is 2. The molecule has 40 heavy (non-hydrogen) atoms. The summed E-state index contributed by atoms with van der Waals surface area (Å²) in [7, 11) is 0. The third-order valence-corrected chi connectivity index (χ3v) is 9.86. The second-order valence-electron chi connectivity index (χ2n) is 9.62. The van der Waals surface area contributed by atoms with E-state index in [9.17, 15) is 23.6 Å². The van der Waals surface area contributed by atoms with Crippen molar-refractivity contribution in [1.82, 2.24) is 4.57 Å². The summed E-state index contributed by atoms with van der Waals surface area (Å²) < 4.78 is 14.6. The van der Waals surface area contributed by atoms with Gasteiger partial charge in [0, 0.05) is 21.5 Å². The van der Waals surface area contributed by atoms with Crippen LogP contribution < -0.4 is 15.1 Å². The fourth-order valence-corrected chi connectivity index (χ4v) is 8.01. The molecule has 2 aliphatic heterocycles. The molecule has 202 valence electrons. The second kappa shape index (κ2) is 10.3. The second-order valence-corrected chi connectivity index (χ2v) is 12.2. The molecule has 0 aliphatic carbocycles. The van der Waals surface area contributed by atoms with Crippen LogP contribution in [0.2, 0.25) is 5.02 Å². The minimum atomic E-state index is -0.789. The SMILES string of the molecule is Cc1ccc(N2C(=O)C3Sc4c(sc(=O)n4CC(=O)Nc4ccc(F)cc4)[C@H](c4ccc(Cl)cc4)C3C2=O)cc1. The van der Waals surface area contributed by atoms with Crippen LogP contribution in [0.25, 0.3) is 0 Å². The molecule has 0 saturated carbocycles. The van der Waals surface area contributed by atoms with Crippen LogP contribution in [0.3, 0.4) is 0 Å². The Morgan fingerprint density at radius 1 is 0.950 bits per heavy atom. The first-order valence-corrected chi connectivity index (χ1v) is 14.4. The molecule has 1 N–H and O–H groups in total. The molecule has 7 nitrogen and oxygen atoms in total. The normalized spacial score (nSPS) is 19.9. The van der Waals surface area contributed by atoms with Crippen molar-refractivity contribution in [3.05, 3.63) is 109 Å². The van der Waals surface area contributed by atoms with Gasteiger partial charge in [-0.15, -0.1) is 0 Å². The minimum absolute atomic E-state index is 0.302. The molecule has 1 saturated heterocycles. The predicted octanol–water partition coefficient (Wildman–Crippen LogP) is 5.45. The van der Waals surface area contributed by atoms with Crippen LogP contribution in [0.5, 0.6) is 0 Å². The lowest BCUT2D eigenvalue weighted by Crippen LogP contribution is -2.33. The van der Waals surface area contributed by atoms with Gasteiger partial charge in [0.2, 0.25) is 17.7 Å². The first-order valence-electron chi connectivity index (χ1n) is 12.4. The smallest absolute Gasteiger partial charge is 0.308 e. The van der Waals surface area contributed by atoms with Crippen LogP contribution >= 0.6 is 34.7 Å². The van der Waals surface area contributed by atoms with E-state index < -0.39 is 28.8 Å². The summed E-state index contributed by atoms with van der Waals surface area (Å²) in [5.74, 6) is -2.93. The van der Waals surface area contributed by atoms with Gasteiger partial charge in [-0.3, -0.25) is 23.7 Å². The fraction of sp³-hybridized carbons (Fsp3) is 0.172. The van der Waals surface area contributed by atoms with Gasteiger partial charge < -0.3 is 5.32 Å². The minimum Gasteiger partial charge on any atom is -0.325 e. The van der Waals surface area contributed by atoms with Crippen LogP contribution in [0.1, 0.15) is 21.9 Å². The van der Waals surface area contributed by atoms with E-state index in [0.717, 1.165) is 34.2 Å². The molecule has 1 fully saturated rings. The number of hydrogen-bond acceptors (Lipinski definition) is 6. The molecule has 0 bridgehead atoms. The number of thioether (sulfide) groups is 1. The highest BCUT2D eigenvalue weighted by Gasteiger charge is 2.56. The lowest BCUT2D eigenvalue weighted by atomic mass is 9.83. The lowest BCUT2D eigenvalue weighted by molar-refractivity contribution is -0.122. The highest BCUT2D eigenvalue weighted by molar-refractivity contribution is 8.00. The maximum absolute atomic E-state index is 13.9. The maximum Gasteiger partial charge on any atom is 0.308 e. The number of carbonyl (C=O) groups is 3. The number of aromatic nitrogens is 1. The number of fused-ring (bicyclic) bond motifs is 2. The molecule has 2 unspecified atom stereocenters. The van der Waals surface area contributed by atoms with Gasteiger partial charge >= 0.3 is 4.87 Å². The summed E-state index contributed by atoms with van der Waals surface area (Å²) in [5.41, 5.74) is 2.63.